The average molecular weight is 282 g/mol. The van der Waals surface area contributed by atoms with Crippen molar-refractivity contribution in [2.24, 2.45) is 0 Å². The van der Waals surface area contributed by atoms with E-state index in [4.69, 9.17) is 0 Å². The molecule has 1 aliphatic rings. The van der Waals surface area contributed by atoms with Gasteiger partial charge < -0.3 is 9.80 Å². The van der Waals surface area contributed by atoms with Crippen molar-refractivity contribution in [1.82, 2.24) is 9.80 Å². The summed E-state index contributed by atoms with van der Waals surface area (Å²) in [6.45, 7) is 4.74. The maximum atomic E-state index is 12.2. The summed E-state index contributed by atoms with van der Waals surface area (Å²) in [7, 11) is 1.84. The smallest absolute Gasteiger partial charge is 0.241 e. The molecule has 0 radical (unpaired) electrons. The van der Waals surface area contributed by atoms with Crippen LogP contribution >= 0.6 is 0 Å². The van der Waals surface area contributed by atoms with Crippen LogP contribution in [0.4, 0.5) is 0 Å². The van der Waals surface area contributed by atoms with Gasteiger partial charge >= 0.3 is 0 Å². The molecule has 0 aliphatic heterocycles. The van der Waals surface area contributed by atoms with Gasteiger partial charge in [0.15, 0.2) is 0 Å². The van der Waals surface area contributed by atoms with E-state index in [1.165, 1.54) is 25.7 Å². The Balaban J connectivity index is 2.57. The molecule has 1 aliphatic carbocycles. The third-order valence-electron chi connectivity index (χ3n) is 4.25. The van der Waals surface area contributed by atoms with E-state index in [-0.39, 0.29) is 24.4 Å². The quantitative estimate of drug-likeness (QED) is 0.703. The van der Waals surface area contributed by atoms with Crippen LogP contribution in [-0.2, 0) is 9.59 Å². The van der Waals surface area contributed by atoms with E-state index in [1.807, 2.05) is 7.05 Å². The summed E-state index contributed by atoms with van der Waals surface area (Å²) in [5, 5.41) is 0. The maximum absolute atomic E-state index is 12.2. The molecule has 0 aromatic rings. The van der Waals surface area contributed by atoms with Gasteiger partial charge in [0.05, 0.1) is 6.54 Å². The molecule has 0 aromatic heterocycles. The van der Waals surface area contributed by atoms with E-state index in [0.29, 0.717) is 0 Å². The lowest BCUT2D eigenvalue weighted by Crippen LogP contribution is -2.46. The van der Waals surface area contributed by atoms with Crippen molar-refractivity contribution in [3.8, 4) is 0 Å². The number of likely N-dealkylation sites (N-methyl/N-ethyl adjacent to an activating group) is 1. The van der Waals surface area contributed by atoms with Crippen LogP contribution in [0.15, 0.2) is 0 Å². The molecule has 0 N–H and O–H groups in total. The number of nitrogens with zero attached hydrogens (tertiary/aromatic N) is 2. The van der Waals surface area contributed by atoms with E-state index in [2.05, 4.69) is 6.92 Å². The van der Waals surface area contributed by atoms with Crippen molar-refractivity contribution in [3.05, 3.63) is 0 Å². The van der Waals surface area contributed by atoms with Crippen molar-refractivity contribution in [1.29, 1.82) is 0 Å². The standard InChI is InChI=1S/C16H30N2O2/c1-4-5-12-17(3)16(20)13-18(14(2)19)15-10-8-6-7-9-11-15/h15H,4-13H2,1-3H3. The Labute approximate surface area is 123 Å². The molecule has 0 atom stereocenters. The molecule has 1 rings (SSSR count). The zero-order valence-corrected chi connectivity index (χ0v) is 13.4. The summed E-state index contributed by atoms with van der Waals surface area (Å²) in [6, 6.07) is 0.263. The van der Waals surface area contributed by atoms with Crippen LogP contribution in [0.1, 0.15) is 65.2 Å². The lowest BCUT2D eigenvalue weighted by Gasteiger charge is -2.31. The Morgan fingerprint density at radius 1 is 1.10 bits per heavy atom. The van der Waals surface area contributed by atoms with E-state index in [9.17, 15) is 9.59 Å². The number of carbonyl (C=O) groups is 2. The highest BCUT2D eigenvalue weighted by molar-refractivity contribution is 5.83. The summed E-state index contributed by atoms with van der Waals surface area (Å²) in [5.41, 5.74) is 0. The van der Waals surface area contributed by atoms with Crippen LogP contribution in [0.2, 0.25) is 0 Å². The van der Waals surface area contributed by atoms with Crippen molar-refractivity contribution in [3.63, 3.8) is 0 Å². The minimum atomic E-state index is 0.0362. The van der Waals surface area contributed by atoms with E-state index < -0.39 is 0 Å². The van der Waals surface area contributed by atoms with Gasteiger partial charge in [-0.15, -0.1) is 0 Å². The molecule has 4 nitrogen and oxygen atoms in total. The van der Waals surface area contributed by atoms with Crippen molar-refractivity contribution in [2.45, 2.75) is 71.3 Å². The van der Waals surface area contributed by atoms with Gasteiger partial charge in [-0.2, -0.15) is 0 Å². The Morgan fingerprint density at radius 3 is 2.20 bits per heavy atom. The molecule has 0 unspecified atom stereocenters. The normalized spacial score (nSPS) is 16.6. The number of amides is 2. The molecule has 0 spiro atoms. The van der Waals surface area contributed by atoms with E-state index >= 15 is 0 Å². The second-order valence-corrected chi connectivity index (χ2v) is 5.96. The largest absolute Gasteiger partial charge is 0.344 e. The SMILES string of the molecule is CCCCN(C)C(=O)CN(C(C)=O)C1CCCCCC1. The maximum Gasteiger partial charge on any atom is 0.241 e. The molecule has 116 valence electrons. The number of unbranched alkanes of at least 4 members (excludes halogenated alkanes) is 1. The lowest BCUT2D eigenvalue weighted by molar-refractivity contribution is -0.140. The lowest BCUT2D eigenvalue weighted by atomic mass is 10.1. The zero-order chi connectivity index (χ0) is 15.0. The summed E-state index contributed by atoms with van der Waals surface area (Å²) in [5.74, 6) is 0.104. The fourth-order valence-corrected chi connectivity index (χ4v) is 2.85. The fourth-order valence-electron chi connectivity index (χ4n) is 2.85. The molecular weight excluding hydrogens is 252 g/mol. The monoisotopic (exact) mass is 282 g/mol. The number of carbonyl (C=O) groups excluding carboxylic acids is 2. The van der Waals surface area contributed by atoms with Crippen LogP contribution in [-0.4, -0.2) is 47.8 Å². The summed E-state index contributed by atoms with van der Waals surface area (Å²) < 4.78 is 0. The molecule has 1 saturated carbocycles. The molecule has 2 amide bonds. The topological polar surface area (TPSA) is 40.6 Å². The minimum Gasteiger partial charge on any atom is -0.344 e. The molecule has 0 heterocycles. The van der Waals surface area contributed by atoms with Gasteiger partial charge in [-0.05, 0) is 19.3 Å². The molecule has 1 fully saturated rings. The van der Waals surface area contributed by atoms with Gasteiger partial charge in [-0.3, -0.25) is 9.59 Å². The van der Waals surface area contributed by atoms with E-state index in [0.717, 1.165) is 32.2 Å². The highest BCUT2D eigenvalue weighted by Gasteiger charge is 2.25. The first-order valence-electron chi connectivity index (χ1n) is 8.07. The predicted molar refractivity (Wildman–Crippen MR) is 81.4 cm³/mol. The molecule has 0 bridgehead atoms. The van der Waals surface area contributed by atoms with Gasteiger partial charge in [0, 0.05) is 26.6 Å². The first kappa shape index (κ1) is 17.0. The third kappa shape index (κ3) is 5.51. The number of rotatable bonds is 6. The minimum absolute atomic E-state index is 0.0362. The van der Waals surface area contributed by atoms with Crippen molar-refractivity contribution in [2.75, 3.05) is 20.1 Å². The highest BCUT2D eigenvalue weighted by Crippen LogP contribution is 2.22. The van der Waals surface area contributed by atoms with Crippen LogP contribution in [0.5, 0.6) is 0 Å². The Hall–Kier alpha value is -1.06. The zero-order valence-electron chi connectivity index (χ0n) is 13.4. The first-order valence-corrected chi connectivity index (χ1v) is 8.07. The summed E-state index contributed by atoms with van der Waals surface area (Å²) in [6.07, 6.45) is 9.06. The first-order chi connectivity index (χ1) is 9.56. The molecule has 0 aromatic carbocycles. The van der Waals surface area contributed by atoms with Gasteiger partial charge in [0.1, 0.15) is 0 Å². The third-order valence-corrected chi connectivity index (χ3v) is 4.25. The second kappa shape index (κ2) is 8.98. The van der Waals surface area contributed by atoms with E-state index in [1.54, 1.807) is 16.7 Å². The van der Waals surface area contributed by atoms with Crippen LogP contribution < -0.4 is 0 Å². The van der Waals surface area contributed by atoms with Crippen molar-refractivity contribution < 1.29 is 9.59 Å². The van der Waals surface area contributed by atoms with Gasteiger partial charge in [-0.1, -0.05) is 39.0 Å². The Bertz CT molecular complexity index is 310. The predicted octanol–water partition coefficient (Wildman–Crippen LogP) is 2.82. The Kier molecular flexibility index (Phi) is 7.63. The molecule has 20 heavy (non-hydrogen) atoms. The average Bonchev–Trinajstić information content (AvgIpc) is 2.70. The Morgan fingerprint density at radius 2 is 1.70 bits per heavy atom. The number of hydrogen-bond acceptors (Lipinski definition) is 2. The van der Waals surface area contributed by atoms with Gasteiger partial charge in [0.25, 0.3) is 0 Å². The molecular formula is C16H30N2O2. The second-order valence-electron chi connectivity index (χ2n) is 5.96. The molecule has 0 saturated heterocycles. The van der Waals surface area contributed by atoms with Crippen LogP contribution in [0, 0.1) is 0 Å². The van der Waals surface area contributed by atoms with Gasteiger partial charge in [-0.25, -0.2) is 0 Å². The fraction of sp³-hybridized carbons (Fsp3) is 0.875. The highest BCUT2D eigenvalue weighted by atomic mass is 16.2. The van der Waals surface area contributed by atoms with Gasteiger partial charge in [0.2, 0.25) is 11.8 Å². The van der Waals surface area contributed by atoms with Crippen molar-refractivity contribution >= 4 is 11.8 Å². The molecule has 4 heteroatoms. The number of hydrogen-bond donors (Lipinski definition) is 0. The summed E-state index contributed by atoms with van der Waals surface area (Å²) >= 11 is 0. The van der Waals surface area contributed by atoms with Crippen LogP contribution in [0.3, 0.4) is 0 Å². The summed E-state index contributed by atoms with van der Waals surface area (Å²) in [4.78, 5) is 27.7. The van der Waals surface area contributed by atoms with Crippen LogP contribution in [0.25, 0.3) is 0 Å².